The van der Waals surface area contributed by atoms with Crippen LogP contribution in [0.15, 0.2) is 0 Å². The Balaban J connectivity index is 4.38. The van der Waals surface area contributed by atoms with Gasteiger partial charge in [0.15, 0.2) is 0 Å². The minimum Gasteiger partial charge on any atom is -0.481 e. The average molecular weight is 243 g/mol. The zero-order valence-corrected chi connectivity index (χ0v) is 11.5. The molecule has 4 nitrogen and oxygen atoms in total. The third kappa shape index (κ3) is 6.97. The van der Waals surface area contributed by atoms with Gasteiger partial charge in [0.05, 0.1) is 6.42 Å². The lowest BCUT2D eigenvalue weighted by Crippen LogP contribution is -2.41. The first-order valence-electron chi connectivity index (χ1n) is 6.30. The number of amides is 1. The van der Waals surface area contributed by atoms with Crippen LogP contribution in [0.4, 0.5) is 0 Å². The number of aliphatic carboxylic acids is 1. The summed E-state index contributed by atoms with van der Waals surface area (Å²) in [7, 11) is 0. The maximum absolute atomic E-state index is 12.1. The summed E-state index contributed by atoms with van der Waals surface area (Å²) in [6, 6.07) is 0. The van der Waals surface area contributed by atoms with Crippen LogP contribution in [0.1, 0.15) is 53.4 Å². The molecule has 1 N–H and O–H groups in total. The maximum Gasteiger partial charge on any atom is 0.305 e. The molecule has 0 saturated heterocycles. The fourth-order valence-corrected chi connectivity index (χ4v) is 1.57. The third-order valence-electron chi connectivity index (χ3n) is 2.56. The van der Waals surface area contributed by atoms with E-state index in [4.69, 9.17) is 5.11 Å². The molecular weight excluding hydrogens is 218 g/mol. The van der Waals surface area contributed by atoms with Gasteiger partial charge in [0, 0.05) is 18.5 Å². The number of carbonyl (C=O) groups excluding carboxylic acids is 1. The highest BCUT2D eigenvalue weighted by Gasteiger charge is 2.26. The minimum atomic E-state index is -0.854. The molecular formula is C13H25NO3. The monoisotopic (exact) mass is 243 g/mol. The maximum atomic E-state index is 12.1. The van der Waals surface area contributed by atoms with Crippen LogP contribution in [-0.4, -0.2) is 35.0 Å². The molecule has 17 heavy (non-hydrogen) atoms. The summed E-state index contributed by atoms with van der Waals surface area (Å²) in [5, 5.41) is 8.68. The molecule has 0 spiro atoms. The quantitative estimate of drug-likeness (QED) is 0.699. The average Bonchev–Trinajstić information content (AvgIpc) is 2.20. The highest BCUT2D eigenvalue weighted by Crippen LogP contribution is 2.18. The van der Waals surface area contributed by atoms with Crippen LogP contribution in [0.3, 0.4) is 0 Å². The van der Waals surface area contributed by atoms with Crippen LogP contribution in [0.5, 0.6) is 0 Å². The van der Waals surface area contributed by atoms with Gasteiger partial charge >= 0.3 is 5.97 Å². The molecule has 0 radical (unpaired) electrons. The van der Waals surface area contributed by atoms with E-state index in [1.807, 2.05) is 20.8 Å². The lowest BCUT2D eigenvalue weighted by molar-refractivity contribution is -0.142. The van der Waals surface area contributed by atoms with E-state index in [1.165, 1.54) is 0 Å². The van der Waals surface area contributed by atoms with Crippen molar-refractivity contribution in [3.05, 3.63) is 0 Å². The van der Waals surface area contributed by atoms with Crippen molar-refractivity contribution < 1.29 is 14.7 Å². The number of rotatable bonds is 7. The van der Waals surface area contributed by atoms with E-state index in [2.05, 4.69) is 6.92 Å². The van der Waals surface area contributed by atoms with Gasteiger partial charge in [-0.05, 0) is 6.42 Å². The van der Waals surface area contributed by atoms with Crippen molar-refractivity contribution in [2.24, 2.45) is 5.41 Å². The molecule has 1 amide bonds. The first-order valence-corrected chi connectivity index (χ1v) is 6.30. The van der Waals surface area contributed by atoms with Crippen molar-refractivity contribution >= 4 is 11.9 Å². The SMILES string of the molecule is CCCCCN(CCC(=O)O)C(=O)C(C)(C)C. The van der Waals surface area contributed by atoms with Crippen LogP contribution < -0.4 is 0 Å². The van der Waals surface area contributed by atoms with E-state index in [0.717, 1.165) is 19.3 Å². The van der Waals surface area contributed by atoms with E-state index in [0.29, 0.717) is 13.1 Å². The van der Waals surface area contributed by atoms with Gasteiger partial charge in [0.1, 0.15) is 0 Å². The molecule has 0 aromatic carbocycles. The second kappa shape index (κ2) is 7.30. The summed E-state index contributed by atoms with van der Waals surface area (Å²) < 4.78 is 0. The molecule has 0 saturated carbocycles. The molecule has 0 fully saturated rings. The van der Waals surface area contributed by atoms with E-state index in [-0.39, 0.29) is 12.3 Å². The van der Waals surface area contributed by atoms with Crippen molar-refractivity contribution in [3.8, 4) is 0 Å². The number of unbranched alkanes of at least 4 members (excludes halogenated alkanes) is 2. The van der Waals surface area contributed by atoms with Gasteiger partial charge in [-0.3, -0.25) is 9.59 Å². The predicted octanol–water partition coefficient (Wildman–Crippen LogP) is 2.53. The Hall–Kier alpha value is -1.06. The van der Waals surface area contributed by atoms with Crippen LogP contribution in [0.25, 0.3) is 0 Å². The van der Waals surface area contributed by atoms with Crippen LogP contribution >= 0.6 is 0 Å². The summed E-state index contributed by atoms with van der Waals surface area (Å²) >= 11 is 0. The smallest absolute Gasteiger partial charge is 0.305 e. The molecule has 0 aromatic rings. The molecule has 0 atom stereocenters. The van der Waals surface area contributed by atoms with Gasteiger partial charge in [0.25, 0.3) is 0 Å². The van der Waals surface area contributed by atoms with Gasteiger partial charge in [-0.15, -0.1) is 0 Å². The number of carbonyl (C=O) groups is 2. The van der Waals surface area contributed by atoms with Crippen molar-refractivity contribution in [2.45, 2.75) is 53.4 Å². The second-order valence-electron chi connectivity index (χ2n) is 5.39. The molecule has 0 heterocycles. The van der Waals surface area contributed by atoms with Gasteiger partial charge in [0.2, 0.25) is 5.91 Å². The summed E-state index contributed by atoms with van der Waals surface area (Å²) in [6.07, 6.45) is 3.13. The van der Waals surface area contributed by atoms with Gasteiger partial charge < -0.3 is 10.0 Å². The lowest BCUT2D eigenvalue weighted by Gasteiger charge is -2.29. The Kier molecular flexibility index (Phi) is 6.85. The molecule has 0 rings (SSSR count). The van der Waals surface area contributed by atoms with E-state index in [1.54, 1.807) is 4.90 Å². The Morgan fingerprint density at radius 3 is 2.12 bits per heavy atom. The summed E-state index contributed by atoms with van der Waals surface area (Å²) in [4.78, 5) is 24.4. The molecule has 0 aliphatic carbocycles. The van der Waals surface area contributed by atoms with Crippen molar-refractivity contribution in [3.63, 3.8) is 0 Å². The number of carboxylic acid groups (broad SMARTS) is 1. The highest BCUT2D eigenvalue weighted by atomic mass is 16.4. The Bertz CT molecular complexity index is 256. The Morgan fingerprint density at radius 1 is 1.12 bits per heavy atom. The number of carboxylic acids is 1. The predicted molar refractivity (Wildman–Crippen MR) is 67.8 cm³/mol. The van der Waals surface area contributed by atoms with Crippen molar-refractivity contribution in [1.29, 1.82) is 0 Å². The second-order valence-corrected chi connectivity index (χ2v) is 5.39. The number of hydrogen-bond donors (Lipinski definition) is 1. The Morgan fingerprint density at radius 2 is 1.71 bits per heavy atom. The highest BCUT2D eigenvalue weighted by molar-refractivity contribution is 5.82. The minimum absolute atomic E-state index is 0.0218. The molecule has 0 aliphatic rings. The molecule has 4 heteroatoms. The van der Waals surface area contributed by atoms with Gasteiger partial charge in [-0.2, -0.15) is 0 Å². The molecule has 0 unspecified atom stereocenters. The fraction of sp³-hybridized carbons (Fsp3) is 0.846. The van der Waals surface area contributed by atoms with E-state index < -0.39 is 11.4 Å². The van der Waals surface area contributed by atoms with E-state index in [9.17, 15) is 9.59 Å². The largest absolute Gasteiger partial charge is 0.481 e. The summed E-state index contributed by atoms with van der Waals surface area (Å²) in [6.45, 7) is 8.67. The first kappa shape index (κ1) is 15.9. The summed E-state index contributed by atoms with van der Waals surface area (Å²) in [5.74, 6) is -0.818. The lowest BCUT2D eigenvalue weighted by atomic mass is 9.94. The number of hydrogen-bond acceptors (Lipinski definition) is 2. The number of nitrogens with zero attached hydrogens (tertiary/aromatic N) is 1. The van der Waals surface area contributed by atoms with Crippen molar-refractivity contribution in [1.82, 2.24) is 4.90 Å². The molecule has 0 bridgehead atoms. The van der Waals surface area contributed by atoms with E-state index >= 15 is 0 Å². The van der Waals surface area contributed by atoms with Crippen LogP contribution in [-0.2, 0) is 9.59 Å². The third-order valence-corrected chi connectivity index (χ3v) is 2.56. The van der Waals surface area contributed by atoms with Gasteiger partial charge in [-0.25, -0.2) is 0 Å². The zero-order valence-electron chi connectivity index (χ0n) is 11.5. The standard InChI is InChI=1S/C13H25NO3/c1-5-6-7-9-14(10-8-11(15)16)12(17)13(2,3)4/h5-10H2,1-4H3,(H,15,16). The Labute approximate surface area is 104 Å². The normalized spacial score (nSPS) is 11.3. The van der Waals surface area contributed by atoms with Crippen LogP contribution in [0.2, 0.25) is 0 Å². The fourth-order valence-electron chi connectivity index (χ4n) is 1.57. The van der Waals surface area contributed by atoms with Crippen LogP contribution in [0, 0.1) is 5.41 Å². The van der Waals surface area contributed by atoms with Gasteiger partial charge in [-0.1, -0.05) is 40.5 Å². The first-order chi connectivity index (χ1) is 7.79. The molecule has 0 aromatic heterocycles. The zero-order chi connectivity index (χ0) is 13.5. The molecule has 0 aliphatic heterocycles. The van der Waals surface area contributed by atoms with Crippen molar-refractivity contribution in [2.75, 3.05) is 13.1 Å². The topological polar surface area (TPSA) is 57.6 Å². The molecule has 100 valence electrons. The summed E-state index contributed by atoms with van der Waals surface area (Å²) in [5.41, 5.74) is -0.440.